The summed E-state index contributed by atoms with van der Waals surface area (Å²) in [6.07, 6.45) is 2.69. The van der Waals surface area contributed by atoms with E-state index in [4.69, 9.17) is 0 Å². The first kappa shape index (κ1) is 27.3. The molecule has 0 spiro atoms. The number of aryl methyl sites for hydroxylation is 2. The van der Waals surface area contributed by atoms with Crippen LogP contribution in [0.15, 0.2) is 97.1 Å². The summed E-state index contributed by atoms with van der Waals surface area (Å²) in [7, 11) is 0. The summed E-state index contributed by atoms with van der Waals surface area (Å²) in [6, 6.07) is 34.6. The van der Waals surface area contributed by atoms with Gasteiger partial charge in [-0.2, -0.15) is 0 Å². The van der Waals surface area contributed by atoms with Crippen molar-refractivity contribution in [1.29, 1.82) is 0 Å². The Kier molecular flexibility index (Phi) is 8.32. The molecule has 0 aromatic heterocycles. The van der Waals surface area contributed by atoms with Gasteiger partial charge in [-0.05, 0) is 0 Å². The predicted molar refractivity (Wildman–Crippen MR) is 143 cm³/mol. The second-order valence-electron chi connectivity index (χ2n) is 10.0. The molecule has 0 N–H and O–H groups in total. The molecular weight excluding hydrogens is 575 g/mol. The minimum absolute atomic E-state index is 0. The summed E-state index contributed by atoms with van der Waals surface area (Å²) in [6.45, 7) is 9.79. The average molecular weight is 605 g/mol. The number of fused-ring (bicyclic) bond motifs is 4. The van der Waals surface area contributed by atoms with Crippen molar-refractivity contribution in [3.63, 3.8) is 0 Å². The van der Waals surface area contributed by atoms with Gasteiger partial charge in [-0.15, -0.1) is 0 Å². The fourth-order valence-corrected chi connectivity index (χ4v) is 25.5. The number of benzene rings is 4. The molecule has 4 heteroatoms. The molecule has 0 nitrogen and oxygen atoms in total. The molecule has 4 aromatic rings. The smallest absolute Gasteiger partial charge is 1.00 e. The predicted octanol–water partition coefficient (Wildman–Crippen LogP) is 2.44. The molecule has 6 rings (SSSR count). The Bertz CT molecular complexity index is 1500. The summed E-state index contributed by atoms with van der Waals surface area (Å²) in [5, 5.41) is 0. The monoisotopic (exact) mass is 602 g/mol. The zero-order chi connectivity index (χ0) is 23.4. The van der Waals surface area contributed by atoms with Gasteiger partial charge in [0, 0.05) is 0 Å². The van der Waals surface area contributed by atoms with Crippen molar-refractivity contribution in [1.82, 2.24) is 0 Å². The summed E-state index contributed by atoms with van der Waals surface area (Å²) < 4.78 is 1.27. The van der Waals surface area contributed by atoms with Crippen molar-refractivity contribution in [3.05, 3.63) is 136 Å². The molecular formula is C32H30Cl2SiZr. The fourth-order valence-electron chi connectivity index (χ4n) is 6.22. The van der Waals surface area contributed by atoms with Crippen molar-refractivity contribution in [2.45, 2.75) is 34.2 Å². The van der Waals surface area contributed by atoms with Gasteiger partial charge in [0.05, 0.1) is 0 Å². The molecule has 0 amide bonds. The number of halogens is 2. The second-order valence-corrected chi connectivity index (χ2v) is 28.0. The van der Waals surface area contributed by atoms with Gasteiger partial charge in [0.2, 0.25) is 0 Å². The minimum atomic E-state index is -2.08. The third kappa shape index (κ3) is 4.45. The van der Waals surface area contributed by atoms with Gasteiger partial charge in [-0.25, -0.2) is 0 Å². The van der Waals surface area contributed by atoms with Crippen molar-refractivity contribution >= 4 is 11.0 Å². The van der Waals surface area contributed by atoms with Crippen LogP contribution in [0.5, 0.6) is 0 Å². The van der Waals surface area contributed by atoms with Crippen LogP contribution in [-0.2, 0) is 20.4 Å². The number of hydrogen-bond acceptors (Lipinski definition) is 0. The summed E-state index contributed by atoms with van der Waals surface area (Å²) in [5.74, 6) is 0. The first-order chi connectivity index (χ1) is 16.5. The van der Waals surface area contributed by atoms with Crippen LogP contribution in [0.2, 0.25) is 13.1 Å². The number of hydrogen-bond donors (Lipinski definition) is 0. The Balaban J connectivity index is 0.00000152. The second kappa shape index (κ2) is 11.0. The molecule has 0 bridgehead atoms. The molecule has 4 aromatic carbocycles. The van der Waals surface area contributed by atoms with E-state index >= 15 is 0 Å². The first-order valence-corrected chi connectivity index (χ1v) is 21.3. The van der Waals surface area contributed by atoms with Crippen LogP contribution < -0.4 is 24.8 Å². The molecule has 0 saturated carbocycles. The van der Waals surface area contributed by atoms with Gasteiger partial charge < -0.3 is 24.8 Å². The van der Waals surface area contributed by atoms with Crippen molar-refractivity contribution in [2.75, 3.05) is 0 Å². The Morgan fingerprint density at radius 3 is 2.11 bits per heavy atom. The van der Waals surface area contributed by atoms with Crippen LogP contribution in [-0.4, -0.2) is 5.43 Å². The fraction of sp³-hybridized carbons (Fsp3) is 0.188. The van der Waals surface area contributed by atoms with E-state index in [1.54, 1.807) is 16.7 Å². The third-order valence-electron chi connectivity index (χ3n) is 7.63. The maximum absolute atomic E-state index is 2.69. The molecule has 2 atom stereocenters. The molecule has 36 heavy (non-hydrogen) atoms. The van der Waals surface area contributed by atoms with Gasteiger partial charge >= 0.3 is 213 Å². The third-order valence-corrected chi connectivity index (χ3v) is 26.7. The van der Waals surface area contributed by atoms with Crippen LogP contribution in [0.4, 0.5) is 0 Å². The van der Waals surface area contributed by atoms with Gasteiger partial charge in [-0.1, -0.05) is 0 Å². The molecule has 0 saturated heterocycles. The van der Waals surface area contributed by atoms with E-state index in [2.05, 4.69) is 124 Å². The van der Waals surface area contributed by atoms with Gasteiger partial charge in [-0.3, -0.25) is 0 Å². The van der Waals surface area contributed by atoms with Crippen LogP contribution in [0.3, 0.4) is 0 Å². The molecule has 2 aliphatic carbocycles. The van der Waals surface area contributed by atoms with E-state index in [0.717, 1.165) is 0 Å². The average Bonchev–Trinajstić information content (AvgIpc) is 3.37. The van der Waals surface area contributed by atoms with Gasteiger partial charge in [0.15, 0.2) is 0 Å². The van der Waals surface area contributed by atoms with Crippen molar-refractivity contribution < 1.29 is 45.2 Å². The van der Waals surface area contributed by atoms with Crippen LogP contribution in [0.25, 0.3) is 16.7 Å². The SMILES string of the molecule is Cc1ccc2c(c1)[CH]([Zr+2]([CH]1C=C(c3ccccc3)c3ccccc31)=[Si](C)C)c1cccc(C)c1-2.[Cl-].[Cl-]. The Morgan fingerprint density at radius 2 is 1.36 bits per heavy atom. The van der Waals surface area contributed by atoms with Crippen LogP contribution >= 0.6 is 0 Å². The quantitative estimate of drug-likeness (QED) is 0.316. The Labute approximate surface area is 235 Å². The number of allylic oxidation sites excluding steroid dienone is 1. The maximum Gasteiger partial charge on any atom is -1.00 e. The van der Waals surface area contributed by atoms with E-state index in [0.29, 0.717) is 7.25 Å². The zero-order valence-corrected chi connectivity index (χ0v) is 26.1. The molecule has 2 unspecified atom stereocenters. The molecule has 0 aliphatic heterocycles. The molecule has 180 valence electrons. The summed E-state index contributed by atoms with van der Waals surface area (Å²) >= 11 is -2.08. The van der Waals surface area contributed by atoms with E-state index in [1.807, 2.05) is 0 Å². The first-order valence-electron chi connectivity index (χ1n) is 12.3. The van der Waals surface area contributed by atoms with Gasteiger partial charge in [0.25, 0.3) is 0 Å². The normalized spacial score (nSPS) is 16.4. The largest absolute Gasteiger partial charge is 1.00 e. The number of rotatable bonds is 3. The van der Waals surface area contributed by atoms with Crippen LogP contribution in [0, 0.1) is 13.8 Å². The molecule has 0 fully saturated rings. The van der Waals surface area contributed by atoms with Crippen molar-refractivity contribution in [2.24, 2.45) is 0 Å². The topological polar surface area (TPSA) is 0 Å². The van der Waals surface area contributed by atoms with Crippen LogP contribution in [0.1, 0.15) is 46.2 Å². The van der Waals surface area contributed by atoms with E-state index in [9.17, 15) is 0 Å². The zero-order valence-electron chi connectivity index (χ0n) is 21.1. The van der Waals surface area contributed by atoms with E-state index < -0.39 is 25.8 Å². The molecule has 0 radical (unpaired) electrons. The van der Waals surface area contributed by atoms with Gasteiger partial charge in [0.1, 0.15) is 0 Å². The van der Waals surface area contributed by atoms with E-state index in [-0.39, 0.29) is 24.8 Å². The Morgan fingerprint density at radius 1 is 0.667 bits per heavy atom. The minimum Gasteiger partial charge on any atom is -1.00 e. The summed E-state index contributed by atoms with van der Waals surface area (Å²) in [4.78, 5) is 0. The molecule has 0 heterocycles. The molecule has 2 aliphatic rings. The summed E-state index contributed by atoms with van der Waals surface area (Å²) in [5.41, 5.74) is 14.5. The maximum atomic E-state index is 2.69. The van der Waals surface area contributed by atoms with E-state index in [1.165, 1.54) is 39.0 Å². The Hall–Kier alpha value is -1.70. The standard InChI is InChI=1S/C15H13.C15H11.C2H6Si.2ClH.Zr/c1-10-6-7-14-13(8-10)9-12-5-3-4-11(2)15(12)14;1-2-6-12(7-3-1)15-11-10-13-8-4-5-9-14(13)15;1-3-2;;;/h3-9H,1-2H3;1-11H;1-2H3;2*1H;/q;;;;;+2/p-2. The van der Waals surface area contributed by atoms with Crippen molar-refractivity contribution in [3.8, 4) is 11.1 Å².